The van der Waals surface area contributed by atoms with Gasteiger partial charge in [-0.25, -0.2) is 0 Å². The van der Waals surface area contributed by atoms with Gasteiger partial charge in [0.05, 0.1) is 13.1 Å². The van der Waals surface area contributed by atoms with Crippen LogP contribution in [-0.4, -0.2) is 83.6 Å². The molecule has 0 spiro atoms. The molecular formula is C10H17N4+. The van der Waals surface area contributed by atoms with Crippen molar-refractivity contribution in [2.24, 2.45) is 0 Å². The van der Waals surface area contributed by atoms with E-state index in [0.717, 1.165) is 0 Å². The molecule has 0 N–H and O–H groups in total. The molecule has 14 heavy (non-hydrogen) atoms. The Morgan fingerprint density at radius 2 is 1.57 bits per heavy atom. The third kappa shape index (κ3) is 0.792. The summed E-state index contributed by atoms with van der Waals surface area (Å²) in [5, 5.41) is 0. The average molecular weight is 193 g/mol. The van der Waals surface area contributed by atoms with Gasteiger partial charge in [-0.05, 0) is 0 Å². The Kier molecular flexibility index (Phi) is 1.36. The molecule has 0 amide bonds. The van der Waals surface area contributed by atoms with Crippen LogP contribution in [-0.2, 0) is 0 Å². The molecule has 4 aliphatic heterocycles. The van der Waals surface area contributed by atoms with Crippen molar-refractivity contribution < 1.29 is 4.58 Å². The molecule has 0 radical (unpaired) electrons. The molecule has 1 unspecified atom stereocenters. The van der Waals surface area contributed by atoms with Crippen molar-refractivity contribution in [3.05, 3.63) is 0 Å². The molecule has 0 aliphatic carbocycles. The molecule has 0 aromatic rings. The molecule has 4 heterocycles. The molecule has 1 atom stereocenters. The van der Waals surface area contributed by atoms with Gasteiger partial charge in [-0.2, -0.15) is 0 Å². The Labute approximate surface area is 84.4 Å². The predicted octanol–water partition coefficient (Wildman–Crippen LogP) is -1.32. The van der Waals surface area contributed by atoms with Crippen molar-refractivity contribution in [3.8, 4) is 0 Å². The third-order valence-electron chi connectivity index (χ3n) is 4.20. The van der Waals surface area contributed by atoms with E-state index in [0.29, 0.717) is 6.17 Å². The zero-order chi connectivity index (χ0) is 9.12. The second kappa shape index (κ2) is 2.49. The number of amidine groups is 1. The first-order valence-corrected chi connectivity index (χ1v) is 5.78. The van der Waals surface area contributed by atoms with Crippen molar-refractivity contribution in [1.82, 2.24) is 14.7 Å². The van der Waals surface area contributed by atoms with E-state index in [-0.39, 0.29) is 0 Å². The van der Waals surface area contributed by atoms with Gasteiger partial charge in [-0.1, -0.05) is 0 Å². The van der Waals surface area contributed by atoms with Gasteiger partial charge in [0.1, 0.15) is 13.1 Å². The van der Waals surface area contributed by atoms with Gasteiger partial charge in [-0.3, -0.25) is 19.3 Å². The maximum absolute atomic E-state index is 2.66. The summed E-state index contributed by atoms with van der Waals surface area (Å²) in [6.45, 7) is 10.2. The summed E-state index contributed by atoms with van der Waals surface area (Å²) in [6.07, 6.45) is 0.653. The van der Waals surface area contributed by atoms with E-state index in [2.05, 4.69) is 19.3 Å². The fourth-order valence-electron chi connectivity index (χ4n) is 3.48. The molecule has 2 fully saturated rings. The molecule has 4 heteroatoms. The Morgan fingerprint density at radius 1 is 0.857 bits per heavy atom. The minimum Gasteiger partial charge on any atom is -0.273 e. The number of rotatable bonds is 0. The fourth-order valence-corrected chi connectivity index (χ4v) is 3.48. The maximum Gasteiger partial charge on any atom is 0.280 e. The van der Waals surface area contributed by atoms with Crippen LogP contribution in [0, 0.1) is 0 Å². The first-order valence-electron chi connectivity index (χ1n) is 5.78. The largest absolute Gasteiger partial charge is 0.280 e. The van der Waals surface area contributed by atoms with Gasteiger partial charge in [-0.15, -0.1) is 0 Å². The van der Waals surface area contributed by atoms with E-state index in [1.54, 1.807) is 5.84 Å². The second-order valence-electron chi connectivity index (χ2n) is 4.78. The summed E-state index contributed by atoms with van der Waals surface area (Å²) >= 11 is 0. The summed E-state index contributed by atoms with van der Waals surface area (Å²) in [7, 11) is 0. The number of nitrogens with zero attached hydrogens (tertiary/aromatic N) is 4. The smallest absolute Gasteiger partial charge is 0.273 e. The van der Waals surface area contributed by atoms with Crippen LogP contribution in [0.5, 0.6) is 0 Å². The zero-order valence-electron chi connectivity index (χ0n) is 8.52. The average Bonchev–Trinajstić information content (AvgIpc) is 2.77. The van der Waals surface area contributed by atoms with Gasteiger partial charge in [0.2, 0.25) is 0 Å². The summed E-state index contributed by atoms with van der Waals surface area (Å²) < 4.78 is 2.61. The Balaban J connectivity index is 1.83. The molecule has 4 aliphatic rings. The molecule has 0 aromatic carbocycles. The molecule has 0 aromatic heterocycles. The molecule has 4 rings (SSSR count). The number of hydrogen-bond acceptors (Lipinski definition) is 3. The molecule has 2 saturated heterocycles. The highest BCUT2D eigenvalue weighted by Gasteiger charge is 2.51. The third-order valence-corrected chi connectivity index (χ3v) is 4.20. The predicted molar refractivity (Wildman–Crippen MR) is 53.5 cm³/mol. The second-order valence-corrected chi connectivity index (χ2v) is 4.78. The molecule has 0 bridgehead atoms. The van der Waals surface area contributed by atoms with Crippen LogP contribution in [0.1, 0.15) is 0 Å². The Morgan fingerprint density at radius 3 is 2.50 bits per heavy atom. The Bertz CT molecular complexity index is 311. The lowest BCUT2D eigenvalue weighted by Crippen LogP contribution is -2.61. The van der Waals surface area contributed by atoms with Crippen molar-refractivity contribution in [2.45, 2.75) is 6.17 Å². The van der Waals surface area contributed by atoms with Crippen LogP contribution in [0.15, 0.2) is 0 Å². The summed E-state index contributed by atoms with van der Waals surface area (Å²) in [4.78, 5) is 7.92. The Hall–Kier alpha value is -0.610. The van der Waals surface area contributed by atoms with Crippen molar-refractivity contribution in [2.75, 3.05) is 52.4 Å². The summed E-state index contributed by atoms with van der Waals surface area (Å²) in [5.41, 5.74) is 0. The van der Waals surface area contributed by atoms with Crippen LogP contribution in [0.4, 0.5) is 0 Å². The van der Waals surface area contributed by atoms with Crippen molar-refractivity contribution in [3.63, 3.8) is 0 Å². The van der Waals surface area contributed by atoms with Crippen LogP contribution in [0.25, 0.3) is 0 Å². The maximum atomic E-state index is 2.66. The molecule has 0 saturated carbocycles. The highest BCUT2D eigenvalue weighted by atomic mass is 15.5. The van der Waals surface area contributed by atoms with Crippen molar-refractivity contribution >= 4 is 5.84 Å². The first kappa shape index (κ1) is 7.65. The minimum atomic E-state index is 0.653. The van der Waals surface area contributed by atoms with E-state index in [1.807, 2.05) is 0 Å². The number of piperazine rings is 1. The zero-order valence-corrected chi connectivity index (χ0v) is 8.52. The standard InChI is InChI=1S/C10H17N4/c1-2-12-7-8-14-4-3-13-6-5-11(1)9(12)10(13)14/h9H,1-8H2/q+1. The molecule has 76 valence electrons. The van der Waals surface area contributed by atoms with Gasteiger partial charge < -0.3 is 0 Å². The number of hydrogen-bond donors (Lipinski definition) is 0. The summed E-state index contributed by atoms with van der Waals surface area (Å²) in [5.74, 6) is 1.63. The van der Waals surface area contributed by atoms with Crippen LogP contribution < -0.4 is 0 Å². The SMILES string of the molecule is C1CN2CCN3CC[N+]4=C(C23)N1CC4. The van der Waals surface area contributed by atoms with E-state index >= 15 is 0 Å². The normalized spacial score (nSPS) is 36.9. The quantitative estimate of drug-likeness (QED) is 0.443. The summed E-state index contributed by atoms with van der Waals surface area (Å²) in [6, 6.07) is 0. The van der Waals surface area contributed by atoms with Gasteiger partial charge >= 0.3 is 0 Å². The van der Waals surface area contributed by atoms with Gasteiger partial charge in [0, 0.05) is 26.2 Å². The van der Waals surface area contributed by atoms with Crippen LogP contribution in [0.3, 0.4) is 0 Å². The lowest BCUT2D eigenvalue weighted by atomic mass is 10.2. The topological polar surface area (TPSA) is 12.7 Å². The monoisotopic (exact) mass is 193 g/mol. The molecule has 4 nitrogen and oxygen atoms in total. The lowest BCUT2D eigenvalue weighted by Gasteiger charge is -2.37. The molecular weight excluding hydrogens is 176 g/mol. The van der Waals surface area contributed by atoms with E-state index < -0.39 is 0 Å². The highest BCUT2D eigenvalue weighted by Crippen LogP contribution is 2.25. The lowest BCUT2D eigenvalue weighted by molar-refractivity contribution is -0.527. The van der Waals surface area contributed by atoms with E-state index in [9.17, 15) is 0 Å². The highest BCUT2D eigenvalue weighted by molar-refractivity contribution is 5.85. The minimum absolute atomic E-state index is 0.653. The fraction of sp³-hybridized carbons (Fsp3) is 0.900. The van der Waals surface area contributed by atoms with Crippen LogP contribution in [0.2, 0.25) is 0 Å². The van der Waals surface area contributed by atoms with Gasteiger partial charge in [0.25, 0.3) is 5.84 Å². The van der Waals surface area contributed by atoms with Crippen LogP contribution >= 0.6 is 0 Å². The van der Waals surface area contributed by atoms with Crippen molar-refractivity contribution in [1.29, 1.82) is 0 Å². The van der Waals surface area contributed by atoms with E-state index in [1.165, 1.54) is 52.4 Å². The van der Waals surface area contributed by atoms with Gasteiger partial charge in [0.15, 0.2) is 6.17 Å². The van der Waals surface area contributed by atoms with E-state index in [4.69, 9.17) is 0 Å². The first-order chi connectivity index (χ1) is 6.93.